The first-order chi connectivity index (χ1) is 16.5. The molecule has 2 N–H and O–H groups in total. The van der Waals surface area contributed by atoms with Gasteiger partial charge < -0.3 is 15.0 Å². The third-order valence-corrected chi connectivity index (χ3v) is 6.44. The van der Waals surface area contributed by atoms with Gasteiger partial charge in [-0.1, -0.05) is 0 Å². The number of amides is 4. The van der Waals surface area contributed by atoms with Gasteiger partial charge in [-0.15, -0.1) is 0 Å². The summed E-state index contributed by atoms with van der Waals surface area (Å²) in [4.78, 5) is 52.5. The molecule has 3 aromatic heterocycles. The number of rotatable bonds is 7. The molecule has 34 heavy (non-hydrogen) atoms. The normalized spacial score (nSPS) is 18.1. The molecule has 0 radical (unpaired) electrons. The summed E-state index contributed by atoms with van der Waals surface area (Å²) in [6, 6.07) is 3.34. The maximum absolute atomic E-state index is 12.7. The number of carbonyl (C=O) groups is 3. The zero-order chi connectivity index (χ0) is 23.4. The predicted octanol–water partition coefficient (Wildman–Crippen LogP) is 2.36. The largest absolute Gasteiger partial charge is 0.364 e. The van der Waals surface area contributed by atoms with Gasteiger partial charge in [0.15, 0.2) is 5.65 Å². The van der Waals surface area contributed by atoms with E-state index in [2.05, 4.69) is 26.8 Å². The Labute approximate surface area is 195 Å². The molecule has 0 spiro atoms. The van der Waals surface area contributed by atoms with E-state index in [1.54, 1.807) is 6.07 Å². The number of nitrogens with one attached hydrogen (secondary N) is 2. The maximum Gasteiger partial charge on any atom is 0.331 e. The van der Waals surface area contributed by atoms with Gasteiger partial charge in [0.05, 0.1) is 17.9 Å². The van der Waals surface area contributed by atoms with Gasteiger partial charge in [0.25, 0.3) is 0 Å². The van der Waals surface area contributed by atoms with Crippen LogP contribution in [0.4, 0.5) is 22.1 Å². The predicted molar refractivity (Wildman–Crippen MR) is 123 cm³/mol. The Morgan fingerprint density at radius 1 is 1.09 bits per heavy atom. The molecule has 3 aliphatic rings. The number of carbonyl (C=O) groups excluding carboxylic acids is 3. The molecule has 0 aromatic carbocycles. The summed E-state index contributed by atoms with van der Waals surface area (Å²) >= 11 is 0. The first-order valence-electron chi connectivity index (χ1n) is 11.4. The van der Waals surface area contributed by atoms with E-state index in [1.165, 1.54) is 18.3 Å². The molecular formula is C23H24N8O3. The van der Waals surface area contributed by atoms with Crippen molar-refractivity contribution in [1.82, 2.24) is 24.3 Å². The minimum Gasteiger partial charge on any atom is -0.364 e. The number of anilines is 3. The summed E-state index contributed by atoms with van der Waals surface area (Å²) in [6.45, 7) is 0.398. The minimum absolute atomic E-state index is 0.00964. The number of likely N-dealkylation sites (N-methyl/N-ethyl adjacent to an activating group) is 1. The summed E-state index contributed by atoms with van der Waals surface area (Å²) < 4.78 is 1.93. The van der Waals surface area contributed by atoms with Crippen LogP contribution in [0.15, 0.2) is 30.9 Å². The van der Waals surface area contributed by atoms with Crippen LogP contribution in [-0.2, 0) is 16.1 Å². The lowest BCUT2D eigenvalue weighted by molar-refractivity contribution is -0.124. The van der Waals surface area contributed by atoms with Gasteiger partial charge in [0, 0.05) is 31.4 Å². The molecule has 0 bridgehead atoms. The van der Waals surface area contributed by atoms with Gasteiger partial charge in [0.1, 0.15) is 24.5 Å². The first-order valence-corrected chi connectivity index (χ1v) is 11.4. The smallest absolute Gasteiger partial charge is 0.331 e. The second kappa shape index (κ2) is 7.79. The van der Waals surface area contributed by atoms with E-state index in [0.29, 0.717) is 35.4 Å². The van der Waals surface area contributed by atoms with Crippen LogP contribution >= 0.6 is 0 Å². The second-order valence-electron chi connectivity index (χ2n) is 9.12. The van der Waals surface area contributed by atoms with E-state index in [-0.39, 0.29) is 30.3 Å². The lowest BCUT2D eigenvalue weighted by atomic mass is 10.1. The van der Waals surface area contributed by atoms with Gasteiger partial charge in [-0.25, -0.2) is 19.7 Å². The van der Waals surface area contributed by atoms with Gasteiger partial charge in [-0.05, 0) is 43.2 Å². The SMILES string of the molecule is CN1C(=O)CN(c2cc(C3CC3)cn3cc(CNc4cc(NC(=O)C5CC5)ncn4)nc23)C1=O. The molecular weight excluding hydrogens is 436 g/mol. The number of hydrogen-bond donors (Lipinski definition) is 2. The van der Waals surface area contributed by atoms with Gasteiger partial charge in [-0.2, -0.15) is 0 Å². The van der Waals surface area contributed by atoms with Gasteiger partial charge in [-0.3, -0.25) is 19.4 Å². The van der Waals surface area contributed by atoms with Crippen LogP contribution in [-0.4, -0.2) is 55.7 Å². The van der Waals surface area contributed by atoms with E-state index in [1.807, 2.05) is 16.7 Å². The third-order valence-electron chi connectivity index (χ3n) is 6.44. The summed E-state index contributed by atoms with van der Waals surface area (Å²) in [6.07, 6.45) is 9.46. The minimum atomic E-state index is -0.343. The van der Waals surface area contributed by atoms with Crippen LogP contribution in [0.25, 0.3) is 5.65 Å². The van der Waals surface area contributed by atoms with Crippen LogP contribution in [0.1, 0.15) is 42.9 Å². The molecule has 2 saturated carbocycles. The molecule has 1 saturated heterocycles. The molecule has 2 aliphatic carbocycles. The summed E-state index contributed by atoms with van der Waals surface area (Å²) in [5.74, 6) is 1.35. The van der Waals surface area contributed by atoms with Gasteiger partial charge in [0.2, 0.25) is 11.8 Å². The average Bonchev–Trinajstić information content (AvgIpc) is 3.75. The molecule has 0 atom stereocenters. The zero-order valence-electron chi connectivity index (χ0n) is 18.7. The molecule has 3 fully saturated rings. The molecule has 174 valence electrons. The topological polar surface area (TPSA) is 125 Å². The van der Waals surface area contributed by atoms with E-state index in [9.17, 15) is 14.4 Å². The van der Waals surface area contributed by atoms with Crippen molar-refractivity contribution in [3.05, 3.63) is 42.1 Å². The highest BCUT2D eigenvalue weighted by atomic mass is 16.2. The Bertz CT molecular complexity index is 1330. The number of aromatic nitrogens is 4. The second-order valence-corrected chi connectivity index (χ2v) is 9.12. The summed E-state index contributed by atoms with van der Waals surface area (Å²) in [5, 5.41) is 6.04. The Morgan fingerprint density at radius 3 is 2.59 bits per heavy atom. The van der Waals surface area contributed by atoms with E-state index >= 15 is 0 Å². The fourth-order valence-corrected chi connectivity index (χ4v) is 4.14. The highest BCUT2D eigenvalue weighted by Gasteiger charge is 2.36. The summed E-state index contributed by atoms with van der Waals surface area (Å²) in [5.41, 5.74) is 3.16. The molecule has 4 amide bonds. The van der Waals surface area contributed by atoms with E-state index in [0.717, 1.165) is 41.8 Å². The van der Waals surface area contributed by atoms with Gasteiger partial charge >= 0.3 is 6.03 Å². The van der Waals surface area contributed by atoms with Crippen molar-refractivity contribution in [2.24, 2.45) is 5.92 Å². The molecule has 1 aliphatic heterocycles. The molecule has 11 heteroatoms. The highest BCUT2D eigenvalue weighted by molar-refractivity contribution is 6.13. The zero-order valence-corrected chi connectivity index (χ0v) is 18.7. The van der Waals surface area contributed by atoms with Crippen LogP contribution in [0.2, 0.25) is 0 Å². The molecule has 3 aromatic rings. The van der Waals surface area contributed by atoms with Crippen molar-refractivity contribution < 1.29 is 14.4 Å². The quantitative estimate of drug-likeness (QED) is 0.519. The first kappa shape index (κ1) is 20.6. The van der Waals surface area contributed by atoms with Crippen LogP contribution in [0, 0.1) is 5.92 Å². The Morgan fingerprint density at radius 2 is 1.88 bits per heavy atom. The Balaban J connectivity index is 1.25. The third kappa shape index (κ3) is 3.82. The van der Waals surface area contributed by atoms with Crippen molar-refractivity contribution in [3.8, 4) is 0 Å². The Kier molecular flexibility index (Phi) is 4.71. The Hall–Kier alpha value is -4.02. The van der Waals surface area contributed by atoms with Crippen LogP contribution < -0.4 is 15.5 Å². The molecule has 11 nitrogen and oxygen atoms in total. The molecule has 0 unspecified atom stereocenters. The van der Waals surface area contributed by atoms with Crippen molar-refractivity contribution >= 4 is 40.8 Å². The average molecular weight is 460 g/mol. The fourth-order valence-electron chi connectivity index (χ4n) is 4.14. The van der Waals surface area contributed by atoms with Crippen LogP contribution in [0.5, 0.6) is 0 Å². The number of hydrogen-bond acceptors (Lipinski definition) is 7. The summed E-state index contributed by atoms with van der Waals surface area (Å²) in [7, 11) is 1.50. The lowest BCUT2D eigenvalue weighted by Gasteiger charge is -2.17. The number of fused-ring (bicyclic) bond motifs is 1. The monoisotopic (exact) mass is 460 g/mol. The van der Waals surface area contributed by atoms with Crippen molar-refractivity contribution in [2.75, 3.05) is 29.1 Å². The number of pyridine rings is 1. The van der Waals surface area contributed by atoms with E-state index < -0.39 is 0 Å². The van der Waals surface area contributed by atoms with E-state index in [4.69, 9.17) is 4.98 Å². The number of imide groups is 1. The van der Waals surface area contributed by atoms with Crippen LogP contribution in [0.3, 0.4) is 0 Å². The fraction of sp³-hybridized carbons (Fsp3) is 0.391. The molecule has 4 heterocycles. The maximum atomic E-state index is 12.7. The standard InChI is InChI=1S/C23H24N8O3/c1-29-20(32)11-31(23(29)34)17-6-15(13-2-3-13)9-30-10-16(27-21(17)30)8-24-18-7-19(26-12-25-18)28-22(33)14-4-5-14/h6-7,9-10,12-14H,2-5,8,11H2,1H3,(H2,24,25,26,28,33). The van der Waals surface area contributed by atoms with Crippen molar-refractivity contribution in [3.63, 3.8) is 0 Å². The van der Waals surface area contributed by atoms with Crippen molar-refractivity contribution in [2.45, 2.75) is 38.1 Å². The number of urea groups is 1. The van der Waals surface area contributed by atoms with Crippen molar-refractivity contribution in [1.29, 1.82) is 0 Å². The number of nitrogens with zero attached hydrogens (tertiary/aromatic N) is 6. The highest BCUT2D eigenvalue weighted by Crippen LogP contribution is 2.42. The number of imidazole rings is 1. The molecule has 6 rings (SSSR count). The lowest BCUT2D eigenvalue weighted by Crippen LogP contribution is -2.30.